The summed E-state index contributed by atoms with van der Waals surface area (Å²) in [6.07, 6.45) is 5.93. The zero-order valence-corrected chi connectivity index (χ0v) is 13.4. The maximum Gasteiger partial charge on any atom is 0.139 e. The number of hydrogen-bond donors (Lipinski definition) is 0. The second-order valence-electron chi connectivity index (χ2n) is 5.73. The molecule has 0 atom stereocenters. The van der Waals surface area contributed by atoms with Gasteiger partial charge >= 0.3 is 0 Å². The molecule has 0 N–H and O–H groups in total. The molecule has 3 heteroatoms. The Balaban J connectivity index is 1.84. The Kier molecular flexibility index (Phi) is 3.67. The molecule has 2 aromatic carbocycles. The third-order valence-corrected chi connectivity index (χ3v) is 3.97. The second kappa shape index (κ2) is 6.13. The van der Waals surface area contributed by atoms with Gasteiger partial charge in [-0.3, -0.25) is 4.57 Å². The Hall–Kier alpha value is -3.20. The molecular formula is C21H17N3. The summed E-state index contributed by atoms with van der Waals surface area (Å²) in [5.41, 5.74) is 4.43. The standard InChI is InChI=1S/C21H17N3/c1-16-9-11-17(12-10-16)13-14-21-23-18-6-2-3-7-19(18)24(21)20-8-4-5-15-22-20/h2-15H,1H3/b14-13+. The van der Waals surface area contributed by atoms with E-state index in [2.05, 4.69) is 52.9 Å². The first-order chi connectivity index (χ1) is 11.8. The molecule has 0 amide bonds. The van der Waals surface area contributed by atoms with Crippen molar-refractivity contribution in [2.75, 3.05) is 0 Å². The predicted molar refractivity (Wildman–Crippen MR) is 99.0 cm³/mol. The van der Waals surface area contributed by atoms with Crippen molar-refractivity contribution in [3.8, 4) is 5.82 Å². The molecule has 0 aliphatic rings. The highest BCUT2D eigenvalue weighted by molar-refractivity contribution is 5.81. The summed E-state index contributed by atoms with van der Waals surface area (Å²) in [4.78, 5) is 9.25. The fraction of sp³-hybridized carbons (Fsp3) is 0.0476. The lowest BCUT2D eigenvalue weighted by atomic mass is 10.1. The SMILES string of the molecule is Cc1ccc(/C=C/c2nc3ccccc3n2-c2ccccn2)cc1. The lowest BCUT2D eigenvalue weighted by molar-refractivity contribution is 1.01. The molecule has 116 valence electrons. The van der Waals surface area contributed by atoms with Gasteiger partial charge in [0.1, 0.15) is 11.6 Å². The number of pyridine rings is 1. The minimum absolute atomic E-state index is 0.870. The predicted octanol–water partition coefficient (Wildman–Crippen LogP) is 4.90. The number of fused-ring (bicyclic) bond motifs is 1. The third kappa shape index (κ3) is 2.72. The molecule has 0 fully saturated rings. The number of rotatable bonds is 3. The van der Waals surface area contributed by atoms with Gasteiger partial charge in [0, 0.05) is 6.20 Å². The van der Waals surface area contributed by atoms with Crippen LogP contribution in [0.4, 0.5) is 0 Å². The van der Waals surface area contributed by atoms with Crippen LogP contribution in [0.1, 0.15) is 17.0 Å². The first kappa shape index (κ1) is 14.4. The summed E-state index contributed by atoms with van der Waals surface area (Å²) in [6.45, 7) is 2.09. The van der Waals surface area contributed by atoms with Crippen LogP contribution >= 0.6 is 0 Å². The molecule has 4 rings (SSSR count). The van der Waals surface area contributed by atoms with Crippen LogP contribution in [-0.4, -0.2) is 14.5 Å². The van der Waals surface area contributed by atoms with Crippen LogP contribution in [0.3, 0.4) is 0 Å². The summed E-state index contributed by atoms with van der Waals surface area (Å²) in [5, 5.41) is 0. The molecule has 0 unspecified atom stereocenters. The number of aryl methyl sites for hydroxylation is 1. The van der Waals surface area contributed by atoms with Crippen molar-refractivity contribution in [2.24, 2.45) is 0 Å². The van der Waals surface area contributed by atoms with Crippen LogP contribution in [0.5, 0.6) is 0 Å². The molecule has 2 aromatic heterocycles. The van der Waals surface area contributed by atoms with Gasteiger partial charge in [0.2, 0.25) is 0 Å². The zero-order valence-electron chi connectivity index (χ0n) is 13.4. The summed E-state index contributed by atoms with van der Waals surface area (Å²) in [6, 6.07) is 22.5. The molecule has 0 saturated carbocycles. The number of hydrogen-bond acceptors (Lipinski definition) is 2. The third-order valence-electron chi connectivity index (χ3n) is 3.97. The van der Waals surface area contributed by atoms with E-state index in [1.807, 2.05) is 42.5 Å². The van der Waals surface area contributed by atoms with Crippen molar-refractivity contribution < 1.29 is 0 Å². The van der Waals surface area contributed by atoms with Gasteiger partial charge in [0.25, 0.3) is 0 Å². The van der Waals surface area contributed by atoms with Gasteiger partial charge in [-0.2, -0.15) is 0 Å². The summed E-state index contributed by atoms with van der Waals surface area (Å²) < 4.78 is 2.08. The topological polar surface area (TPSA) is 30.7 Å². The number of aromatic nitrogens is 3. The van der Waals surface area contributed by atoms with Gasteiger partial charge in [-0.15, -0.1) is 0 Å². The van der Waals surface area contributed by atoms with Crippen molar-refractivity contribution >= 4 is 23.2 Å². The fourth-order valence-electron chi connectivity index (χ4n) is 2.73. The van der Waals surface area contributed by atoms with Gasteiger partial charge in [0.05, 0.1) is 11.0 Å². The molecule has 24 heavy (non-hydrogen) atoms. The highest BCUT2D eigenvalue weighted by Gasteiger charge is 2.10. The van der Waals surface area contributed by atoms with Gasteiger partial charge in [-0.25, -0.2) is 9.97 Å². The summed E-state index contributed by atoms with van der Waals surface area (Å²) in [5.74, 6) is 1.74. The number of imidazole rings is 1. The van der Waals surface area contributed by atoms with E-state index in [1.165, 1.54) is 5.56 Å². The largest absolute Gasteiger partial charge is 0.277 e. The minimum Gasteiger partial charge on any atom is -0.277 e. The normalized spacial score (nSPS) is 11.4. The van der Waals surface area contributed by atoms with Crippen LogP contribution < -0.4 is 0 Å². The summed E-state index contributed by atoms with van der Waals surface area (Å²) >= 11 is 0. The minimum atomic E-state index is 0.870. The van der Waals surface area contributed by atoms with Crippen molar-refractivity contribution in [1.82, 2.24) is 14.5 Å². The van der Waals surface area contributed by atoms with Gasteiger partial charge in [-0.1, -0.05) is 54.1 Å². The summed E-state index contributed by atoms with van der Waals surface area (Å²) in [7, 11) is 0. The maximum atomic E-state index is 4.76. The van der Waals surface area contributed by atoms with E-state index in [9.17, 15) is 0 Å². The van der Waals surface area contributed by atoms with Gasteiger partial charge in [-0.05, 0) is 42.8 Å². The van der Waals surface area contributed by atoms with E-state index in [-0.39, 0.29) is 0 Å². The average Bonchev–Trinajstić information content (AvgIpc) is 3.00. The van der Waals surface area contributed by atoms with Gasteiger partial charge in [0.15, 0.2) is 0 Å². The maximum absolute atomic E-state index is 4.76. The Bertz CT molecular complexity index is 996. The van der Waals surface area contributed by atoms with E-state index in [1.54, 1.807) is 6.20 Å². The molecule has 0 aliphatic carbocycles. The number of para-hydroxylation sites is 2. The highest BCUT2D eigenvalue weighted by Crippen LogP contribution is 2.21. The van der Waals surface area contributed by atoms with Crippen LogP contribution in [0.15, 0.2) is 72.9 Å². The van der Waals surface area contributed by atoms with Crippen molar-refractivity contribution in [3.63, 3.8) is 0 Å². The Morgan fingerprint density at radius 3 is 2.42 bits per heavy atom. The number of nitrogens with zero attached hydrogens (tertiary/aromatic N) is 3. The van der Waals surface area contributed by atoms with E-state index in [4.69, 9.17) is 4.98 Å². The Morgan fingerprint density at radius 2 is 1.62 bits per heavy atom. The Morgan fingerprint density at radius 1 is 0.833 bits per heavy atom. The molecular weight excluding hydrogens is 294 g/mol. The van der Waals surface area contributed by atoms with Crippen LogP contribution in [0.2, 0.25) is 0 Å². The van der Waals surface area contributed by atoms with Crippen LogP contribution in [0, 0.1) is 6.92 Å². The average molecular weight is 311 g/mol. The molecule has 0 aliphatic heterocycles. The molecule has 0 radical (unpaired) electrons. The molecule has 3 nitrogen and oxygen atoms in total. The quantitative estimate of drug-likeness (QED) is 0.539. The molecule has 4 aromatic rings. The molecule has 0 bridgehead atoms. The molecule has 0 saturated heterocycles. The van der Waals surface area contributed by atoms with Crippen LogP contribution in [0.25, 0.3) is 29.0 Å². The van der Waals surface area contributed by atoms with E-state index < -0.39 is 0 Å². The molecule has 2 heterocycles. The first-order valence-corrected chi connectivity index (χ1v) is 7.95. The van der Waals surface area contributed by atoms with Crippen LogP contribution in [-0.2, 0) is 0 Å². The van der Waals surface area contributed by atoms with Crippen molar-refractivity contribution in [1.29, 1.82) is 0 Å². The number of benzene rings is 2. The van der Waals surface area contributed by atoms with E-state index in [0.717, 1.165) is 28.2 Å². The smallest absolute Gasteiger partial charge is 0.139 e. The van der Waals surface area contributed by atoms with E-state index in [0.29, 0.717) is 0 Å². The lowest BCUT2D eigenvalue weighted by Crippen LogP contribution is -1.99. The lowest BCUT2D eigenvalue weighted by Gasteiger charge is -2.05. The highest BCUT2D eigenvalue weighted by atomic mass is 15.1. The fourth-order valence-corrected chi connectivity index (χ4v) is 2.73. The van der Waals surface area contributed by atoms with E-state index >= 15 is 0 Å². The first-order valence-electron chi connectivity index (χ1n) is 7.95. The second-order valence-corrected chi connectivity index (χ2v) is 5.73. The monoisotopic (exact) mass is 311 g/mol. The van der Waals surface area contributed by atoms with Crippen molar-refractivity contribution in [3.05, 3.63) is 89.9 Å². The molecule has 0 spiro atoms. The zero-order chi connectivity index (χ0) is 16.4. The Labute approximate surface area is 140 Å². The van der Waals surface area contributed by atoms with Gasteiger partial charge < -0.3 is 0 Å². The van der Waals surface area contributed by atoms with Crippen molar-refractivity contribution in [2.45, 2.75) is 6.92 Å².